The second-order valence-corrected chi connectivity index (χ2v) is 7.15. The lowest BCUT2D eigenvalue weighted by atomic mass is 9.92. The zero-order chi connectivity index (χ0) is 21.7. The van der Waals surface area contributed by atoms with Crippen molar-refractivity contribution in [3.63, 3.8) is 0 Å². The van der Waals surface area contributed by atoms with E-state index < -0.39 is 35.8 Å². The minimum atomic E-state index is -1.24. The largest absolute Gasteiger partial charge is 0.345 e. The maximum atomic E-state index is 12.8. The lowest BCUT2D eigenvalue weighted by Crippen LogP contribution is -2.44. The van der Waals surface area contributed by atoms with E-state index in [1.807, 2.05) is 31.2 Å². The average Bonchev–Trinajstić information content (AvgIpc) is 2.97. The Hall–Kier alpha value is -3.68. The molecular weight excluding hydrogens is 384 g/mol. The number of carbonyl (C=O) groups is 4. The standard InChI is InChI=1S/C22H24N4O4/c1-3-15-9-7-8-12-17(15)24-18(27)13-23-19(28)14-26-20(29)22(2,25-21(26)30)16-10-5-4-6-11-16/h4-12H,3,13-14H2,1-2H3,(H,23,28)(H,24,27)(H,25,30). The van der Waals surface area contributed by atoms with Crippen molar-refractivity contribution in [3.8, 4) is 0 Å². The number of anilines is 1. The number of benzene rings is 2. The van der Waals surface area contributed by atoms with Gasteiger partial charge in [0.15, 0.2) is 0 Å². The Balaban J connectivity index is 1.56. The first-order chi connectivity index (χ1) is 14.3. The van der Waals surface area contributed by atoms with Gasteiger partial charge in [0.1, 0.15) is 12.1 Å². The van der Waals surface area contributed by atoms with Gasteiger partial charge in [-0.15, -0.1) is 0 Å². The summed E-state index contributed by atoms with van der Waals surface area (Å²) in [5.41, 5.74) is 1.06. The summed E-state index contributed by atoms with van der Waals surface area (Å²) in [5, 5.41) is 7.84. The van der Waals surface area contributed by atoms with Crippen LogP contribution in [0.5, 0.6) is 0 Å². The summed E-state index contributed by atoms with van der Waals surface area (Å²) in [6.07, 6.45) is 0.759. The number of rotatable bonds is 7. The van der Waals surface area contributed by atoms with Crippen LogP contribution in [-0.4, -0.2) is 41.7 Å². The first-order valence-corrected chi connectivity index (χ1v) is 9.69. The van der Waals surface area contributed by atoms with E-state index in [1.54, 1.807) is 37.3 Å². The van der Waals surface area contributed by atoms with Crippen molar-refractivity contribution in [1.82, 2.24) is 15.5 Å². The highest BCUT2D eigenvalue weighted by molar-refractivity contribution is 6.09. The Bertz CT molecular complexity index is 976. The molecule has 1 fully saturated rings. The van der Waals surface area contributed by atoms with Crippen LogP contribution in [0.15, 0.2) is 54.6 Å². The number of imide groups is 1. The summed E-state index contributed by atoms with van der Waals surface area (Å²) in [5.74, 6) is -1.51. The van der Waals surface area contributed by atoms with Crippen molar-refractivity contribution in [3.05, 3.63) is 65.7 Å². The highest BCUT2D eigenvalue weighted by Crippen LogP contribution is 2.28. The van der Waals surface area contributed by atoms with Gasteiger partial charge in [0.05, 0.1) is 6.54 Å². The fourth-order valence-corrected chi connectivity index (χ4v) is 3.33. The molecule has 5 amide bonds. The molecule has 8 nitrogen and oxygen atoms in total. The van der Waals surface area contributed by atoms with Gasteiger partial charge in [-0.05, 0) is 30.5 Å². The summed E-state index contributed by atoms with van der Waals surface area (Å²) in [6, 6.07) is 15.6. The van der Waals surface area contributed by atoms with Crippen LogP contribution in [0.2, 0.25) is 0 Å². The predicted molar refractivity (Wildman–Crippen MR) is 111 cm³/mol. The molecule has 1 unspecified atom stereocenters. The lowest BCUT2D eigenvalue weighted by Gasteiger charge is -2.22. The fourth-order valence-electron chi connectivity index (χ4n) is 3.33. The van der Waals surface area contributed by atoms with E-state index in [-0.39, 0.29) is 6.54 Å². The second kappa shape index (κ2) is 8.77. The minimum absolute atomic E-state index is 0.267. The predicted octanol–water partition coefficient (Wildman–Crippen LogP) is 1.77. The van der Waals surface area contributed by atoms with Crippen molar-refractivity contribution in [1.29, 1.82) is 0 Å². The van der Waals surface area contributed by atoms with E-state index in [9.17, 15) is 19.2 Å². The molecule has 0 bridgehead atoms. The molecular formula is C22H24N4O4. The molecule has 30 heavy (non-hydrogen) atoms. The molecule has 3 N–H and O–H groups in total. The summed E-state index contributed by atoms with van der Waals surface area (Å²) in [6.45, 7) is 2.84. The highest BCUT2D eigenvalue weighted by Gasteiger charge is 2.49. The van der Waals surface area contributed by atoms with Crippen molar-refractivity contribution in [2.75, 3.05) is 18.4 Å². The van der Waals surface area contributed by atoms with Crippen LogP contribution in [0.1, 0.15) is 25.0 Å². The number of para-hydroxylation sites is 1. The normalized spacial score (nSPS) is 18.1. The van der Waals surface area contributed by atoms with Gasteiger partial charge < -0.3 is 16.0 Å². The first-order valence-electron chi connectivity index (χ1n) is 9.69. The molecule has 1 aliphatic heterocycles. The molecule has 3 rings (SSSR count). The topological polar surface area (TPSA) is 108 Å². The van der Waals surface area contributed by atoms with Crippen LogP contribution >= 0.6 is 0 Å². The van der Waals surface area contributed by atoms with Gasteiger partial charge in [0.2, 0.25) is 11.8 Å². The molecule has 8 heteroatoms. The summed E-state index contributed by atoms with van der Waals surface area (Å²) >= 11 is 0. The van der Waals surface area contributed by atoms with E-state index in [4.69, 9.17) is 0 Å². The first kappa shape index (κ1) is 21.0. The van der Waals surface area contributed by atoms with Gasteiger partial charge in [-0.25, -0.2) is 4.79 Å². The minimum Gasteiger partial charge on any atom is -0.345 e. The zero-order valence-corrected chi connectivity index (χ0v) is 16.9. The third-order valence-corrected chi connectivity index (χ3v) is 5.05. The summed E-state index contributed by atoms with van der Waals surface area (Å²) in [7, 11) is 0. The van der Waals surface area contributed by atoms with Gasteiger partial charge in [0, 0.05) is 5.69 Å². The van der Waals surface area contributed by atoms with E-state index >= 15 is 0 Å². The van der Waals surface area contributed by atoms with Crippen LogP contribution in [0.4, 0.5) is 10.5 Å². The number of hydrogen-bond acceptors (Lipinski definition) is 4. The highest BCUT2D eigenvalue weighted by atomic mass is 16.2. The van der Waals surface area contributed by atoms with Gasteiger partial charge in [-0.1, -0.05) is 55.5 Å². The Labute approximate surface area is 174 Å². The van der Waals surface area contributed by atoms with Gasteiger partial charge in [0.25, 0.3) is 5.91 Å². The second-order valence-electron chi connectivity index (χ2n) is 7.15. The van der Waals surface area contributed by atoms with Gasteiger partial charge in [-0.3, -0.25) is 19.3 Å². The molecule has 2 aromatic carbocycles. The van der Waals surface area contributed by atoms with Gasteiger partial charge in [-0.2, -0.15) is 0 Å². The third kappa shape index (κ3) is 4.32. The number of amides is 5. The maximum Gasteiger partial charge on any atom is 0.325 e. The zero-order valence-electron chi connectivity index (χ0n) is 16.9. The molecule has 1 saturated heterocycles. The Kier molecular flexibility index (Phi) is 6.15. The average molecular weight is 408 g/mol. The van der Waals surface area contributed by atoms with E-state index in [0.717, 1.165) is 16.9 Å². The molecule has 0 aromatic heterocycles. The summed E-state index contributed by atoms with van der Waals surface area (Å²) in [4.78, 5) is 50.4. The number of aryl methyl sites for hydroxylation is 1. The van der Waals surface area contributed by atoms with Crippen LogP contribution in [-0.2, 0) is 26.3 Å². The number of urea groups is 1. The van der Waals surface area contributed by atoms with Crippen molar-refractivity contribution in [2.45, 2.75) is 25.8 Å². The van der Waals surface area contributed by atoms with Crippen molar-refractivity contribution in [2.24, 2.45) is 0 Å². The number of carbonyl (C=O) groups excluding carboxylic acids is 4. The smallest absolute Gasteiger partial charge is 0.325 e. The molecule has 1 atom stereocenters. The van der Waals surface area contributed by atoms with Crippen molar-refractivity contribution < 1.29 is 19.2 Å². The van der Waals surface area contributed by atoms with E-state index in [0.29, 0.717) is 11.3 Å². The van der Waals surface area contributed by atoms with Crippen LogP contribution in [0.3, 0.4) is 0 Å². The van der Waals surface area contributed by atoms with E-state index in [2.05, 4.69) is 16.0 Å². The SMILES string of the molecule is CCc1ccccc1NC(=O)CNC(=O)CN1C(=O)NC(C)(c2ccccc2)C1=O. The Morgan fingerprint density at radius 2 is 1.67 bits per heavy atom. The van der Waals surface area contributed by atoms with Crippen LogP contribution < -0.4 is 16.0 Å². The van der Waals surface area contributed by atoms with Crippen molar-refractivity contribution >= 4 is 29.4 Å². The lowest BCUT2D eigenvalue weighted by molar-refractivity contribution is -0.135. The van der Waals surface area contributed by atoms with Crippen LogP contribution in [0, 0.1) is 0 Å². The number of nitrogens with zero attached hydrogens (tertiary/aromatic N) is 1. The molecule has 0 aliphatic carbocycles. The fraction of sp³-hybridized carbons (Fsp3) is 0.273. The number of hydrogen-bond donors (Lipinski definition) is 3. The molecule has 1 aliphatic rings. The Morgan fingerprint density at radius 1 is 1.00 bits per heavy atom. The van der Waals surface area contributed by atoms with E-state index in [1.165, 1.54) is 0 Å². The van der Waals surface area contributed by atoms with Crippen LogP contribution in [0.25, 0.3) is 0 Å². The molecule has 0 spiro atoms. The molecule has 0 saturated carbocycles. The Morgan fingerprint density at radius 3 is 2.37 bits per heavy atom. The molecule has 2 aromatic rings. The van der Waals surface area contributed by atoms with Gasteiger partial charge >= 0.3 is 6.03 Å². The molecule has 0 radical (unpaired) electrons. The molecule has 156 valence electrons. The molecule has 1 heterocycles. The monoisotopic (exact) mass is 408 g/mol. The number of nitrogens with one attached hydrogen (secondary N) is 3. The maximum absolute atomic E-state index is 12.8. The summed E-state index contributed by atoms with van der Waals surface area (Å²) < 4.78 is 0. The third-order valence-electron chi connectivity index (χ3n) is 5.05. The quantitative estimate of drug-likeness (QED) is 0.607.